The molecule has 0 saturated heterocycles. The van der Waals surface area contributed by atoms with Gasteiger partial charge in [0.1, 0.15) is 24.0 Å². The Labute approximate surface area is 232 Å². The van der Waals surface area contributed by atoms with Crippen molar-refractivity contribution in [2.45, 2.75) is 46.3 Å². The summed E-state index contributed by atoms with van der Waals surface area (Å²) in [6.07, 6.45) is 4.21. The summed E-state index contributed by atoms with van der Waals surface area (Å²) in [5.41, 5.74) is 2.84. The second-order valence-electron chi connectivity index (χ2n) is 9.51. The molecule has 0 aliphatic heterocycles. The summed E-state index contributed by atoms with van der Waals surface area (Å²) in [5, 5.41) is 11.0. The topological polar surface area (TPSA) is 96.8 Å². The average molecular weight is 553 g/mol. The Balaban J connectivity index is 1.55. The van der Waals surface area contributed by atoms with E-state index in [1.54, 1.807) is 6.33 Å². The molecule has 198 valence electrons. The molecule has 10 heteroatoms. The number of nitrogens with one attached hydrogen (secondary N) is 3. The minimum absolute atomic E-state index is 0.110. The summed E-state index contributed by atoms with van der Waals surface area (Å²) in [6.45, 7) is 6.97. The predicted octanol–water partition coefficient (Wildman–Crippen LogP) is 6.03. The minimum atomic E-state index is -0.490. The summed E-state index contributed by atoms with van der Waals surface area (Å²) in [4.78, 5) is 26.9. The maximum atomic E-state index is 13.2. The van der Waals surface area contributed by atoms with Crippen LogP contribution in [0.1, 0.15) is 37.1 Å². The lowest BCUT2D eigenvalue weighted by Gasteiger charge is -2.21. The van der Waals surface area contributed by atoms with Crippen LogP contribution in [0.3, 0.4) is 0 Å². The first-order valence-corrected chi connectivity index (χ1v) is 13.2. The van der Waals surface area contributed by atoms with Gasteiger partial charge in [0.15, 0.2) is 0 Å². The number of aryl methyl sites for hydroxylation is 1. The lowest BCUT2D eigenvalue weighted by atomic mass is 10.0. The van der Waals surface area contributed by atoms with Gasteiger partial charge < -0.3 is 16.0 Å². The molecule has 1 unspecified atom stereocenters. The number of benzene rings is 2. The molecule has 0 saturated carbocycles. The molecular formula is C28H31Cl2N7O. The highest BCUT2D eigenvalue weighted by molar-refractivity contribution is 6.30. The molecule has 0 bridgehead atoms. The lowest BCUT2D eigenvalue weighted by Crippen LogP contribution is -2.40. The number of carbonyl (C=O) groups excluding carboxylic acids is 1. The molecule has 0 spiro atoms. The fraction of sp³-hybridized carbons (Fsp3) is 0.286. The summed E-state index contributed by atoms with van der Waals surface area (Å²) < 4.78 is 1.82. The highest BCUT2D eigenvalue weighted by Gasteiger charge is 2.21. The highest BCUT2D eigenvalue weighted by atomic mass is 35.5. The smallest absolute Gasteiger partial charge is 0.242 e. The molecule has 8 nitrogen and oxygen atoms in total. The first-order chi connectivity index (χ1) is 18.2. The molecule has 4 rings (SSSR count). The lowest BCUT2D eigenvalue weighted by molar-refractivity contribution is -0.122. The van der Waals surface area contributed by atoms with Crippen molar-refractivity contribution in [1.29, 1.82) is 0 Å². The van der Waals surface area contributed by atoms with E-state index < -0.39 is 6.04 Å². The molecule has 1 atom stereocenters. The fourth-order valence-electron chi connectivity index (χ4n) is 3.89. The van der Waals surface area contributed by atoms with E-state index in [9.17, 15) is 4.79 Å². The predicted molar refractivity (Wildman–Crippen MR) is 153 cm³/mol. The van der Waals surface area contributed by atoms with Crippen molar-refractivity contribution in [3.8, 4) is 5.82 Å². The Kier molecular flexibility index (Phi) is 9.20. The van der Waals surface area contributed by atoms with Gasteiger partial charge in [-0.05, 0) is 54.7 Å². The first-order valence-electron chi connectivity index (χ1n) is 12.4. The molecule has 3 N–H and O–H groups in total. The molecule has 38 heavy (non-hydrogen) atoms. The number of amides is 1. The maximum Gasteiger partial charge on any atom is 0.242 e. The number of anilines is 2. The Bertz CT molecular complexity index is 1370. The van der Waals surface area contributed by atoms with Crippen LogP contribution in [0.25, 0.3) is 5.82 Å². The Morgan fingerprint density at radius 2 is 1.76 bits per heavy atom. The molecule has 0 aliphatic carbocycles. The molecule has 0 aliphatic rings. The van der Waals surface area contributed by atoms with Crippen molar-refractivity contribution < 1.29 is 4.79 Å². The zero-order chi connectivity index (χ0) is 27.1. The van der Waals surface area contributed by atoms with Crippen LogP contribution < -0.4 is 16.0 Å². The Hall–Kier alpha value is -3.62. The molecule has 0 fully saturated rings. The van der Waals surface area contributed by atoms with Gasteiger partial charge >= 0.3 is 0 Å². The zero-order valence-electron chi connectivity index (χ0n) is 21.6. The van der Waals surface area contributed by atoms with Crippen LogP contribution in [0.15, 0.2) is 67.1 Å². The highest BCUT2D eigenvalue weighted by Crippen LogP contribution is 2.19. The number of hydrogen-bond donors (Lipinski definition) is 3. The number of carbonyl (C=O) groups is 1. The molecule has 2 aromatic heterocycles. The Morgan fingerprint density at radius 1 is 0.974 bits per heavy atom. The molecule has 1 amide bonds. The normalized spacial score (nSPS) is 11.8. The molecule has 2 aromatic carbocycles. The summed E-state index contributed by atoms with van der Waals surface area (Å²) >= 11 is 12.1. The van der Waals surface area contributed by atoms with Crippen molar-refractivity contribution in [2.75, 3.05) is 10.6 Å². The largest absolute Gasteiger partial charge is 0.358 e. The number of rotatable bonds is 11. The van der Waals surface area contributed by atoms with E-state index >= 15 is 0 Å². The molecule has 4 aromatic rings. The third-order valence-electron chi connectivity index (χ3n) is 5.75. The van der Waals surface area contributed by atoms with Crippen molar-refractivity contribution in [1.82, 2.24) is 24.8 Å². The zero-order valence-corrected chi connectivity index (χ0v) is 23.1. The maximum absolute atomic E-state index is 13.2. The van der Waals surface area contributed by atoms with Gasteiger partial charge in [-0.15, -0.1) is 0 Å². The summed E-state index contributed by atoms with van der Waals surface area (Å²) in [7, 11) is 0. The van der Waals surface area contributed by atoms with Crippen LogP contribution >= 0.6 is 23.2 Å². The van der Waals surface area contributed by atoms with Gasteiger partial charge in [-0.2, -0.15) is 9.97 Å². The SMILES string of the molecule is Cc1cn(-c2cc(NC(CC(C)C)C(=O)NCc3ccc(Cl)cc3)nc(NCc3cccc(Cl)c3)n2)cn1. The van der Waals surface area contributed by atoms with Gasteiger partial charge in [-0.1, -0.05) is 61.3 Å². The average Bonchev–Trinajstić information content (AvgIpc) is 3.32. The van der Waals surface area contributed by atoms with E-state index in [0.29, 0.717) is 47.1 Å². The standard InChI is InChI=1S/C28H31Cl2N7O/c1-18(2)11-24(27(38)31-14-20-7-9-22(29)10-8-20)34-25-13-26(37-16-19(3)33-17-37)36-28(35-25)32-15-21-5-4-6-23(30)12-21/h4-10,12-13,16-18,24H,11,14-15H2,1-3H3,(H,31,38)(H2,32,34,35,36). The number of hydrogen-bond acceptors (Lipinski definition) is 6. The molecule has 2 heterocycles. The van der Waals surface area contributed by atoms with E-state index in [1.165, 1.54) is 0 Å². The van der Waals surface area contributed by atoms with E-state index in [4.69, 9.17) is 23.2 Å². The van der Waals surface area contributed by atoms with Crippen molar-refractivity contribution in [3.05, 3.63) is 94.0 Å². The van der Waals surface area contributed by atoms with Crippen molar-refractivity contribution >= 4 is 40.9 Å². The van der Waals surface area contributed by atoms with Gasteiger partial charge in [0, 0.05) is 35.4 Å². The summed E-state index contributed by atoms with van der Waals surface area (Å²) in [6, 6.07) is 16.3. The number of nitrogens with zero attached hydrogens (tertiary/aromatic N) is 4. The van der Waals surface area contributed by atoms with E-state index in [2.05, 4.69) is 44.7 Å². The number of imidazole rings is 1. The van der Waals surface area contributed by atoms with Crippen LogP contribution in [0.4, 0.5) is 11.8 Å². The van der Waals surface area contributed by atoms with Gasteiger partial charge in [0.2, 0.25) is 11.9 Å². The van der Waals surface area contributed by atoms with Crippen molar-refractivity contribution in [3.63, 3.8) is 0 Å². The van der Waals surface area contributed by atoms with Gasteiger partial charge in [0.05, 0.1) is 5.69 Å². The molecular weight excluding hydrogens is 521 g/mol. The van der Waals surface area contributed by atoms with Crippen molar-refractivity contribution in [2.24, 2.45) is 5.92 Å². The fourth-order valence-corrected chi connectivity index (χ4v) is 4.23. The van der Waals surface area contributed by atoms with Crippen LogP contribution in [0, 0.1) is 12.8 Å². The Morgan fingerprint density at radius 3 is 2.45 bits per heavy atom. The van der Waals surface area contributed by atoms with Crippen LogP contribution in [-0.4, -0.2) is 31.5 Å². The second kappa shape index (κ2) is 12.8. The van der Waals surface area contributed by atoms with Crippen LogP contribution in [0.5, 0.6) is 0 Å². The minimum Gasteiger partial charge on any atom is -0.358 e. The quantitative estimate of drug-likeness (QED) is 0.210. The van der Waals surface area contributed by atoms with Gasteiger partial charge in [-0.3, -0.25) is 9.36 Å². The number of aromatic nitrogens is 4. The second-order valence-corrected chi connectivity index (χ2v) is 10.4. The van der Waals surface area contributed by atoms with Crippen LogP contribution in [0.2, 0.25) is 10.0 Å². The van der Waals surface area contributed by atoms with E-state index in [-0.39, 0.29) is 11.8 Å². The first kappa shape index (κ1) is 27.4. The van der Waals surface area contributed by atoms with Crippen LogP contribution in [-0.2, 0) is 17.9 Å². The third-order valence-corrected chi connectivity index (χ3v) is 6.24. The van der Waals surface area contributed by atoms with E-state index in [0.717, 1.165) is 16.8 Å². The number of halogens is 2. The van der Waals surface area contributed by atoms with Gasteiger partial charge in [-0.25, -0.2) is 4.98 Å². The monoisotopic (exact) mass is 551 g/mol. The third kappa shape index (κ3) is 7.94. The van der Waals surface area contributed by atoms with Gasteiger partial charge in [0.25, 0.3) is 0 Å². The molecule has 0 radical (unpaired) electrons. The van der Waals surface area contributed by atoms with E-state index in [1.807, 2.05) is 72.3 Å². The summed E-state index contributed by atoms with van der Waals surface area (Å²) in [5.74, 6) is 1.75.